The minimum Gasteiger partial charge on any atom is -0.493 e. The van der Waals surface area contributed by atoms with Crippen LogP contribution in [-0.2, 0) is 6.42 Å². The summed E-state index contributed by atoms with van der Waals surface area (Å²) in [7, 11) is 3.22. The molecule has 1 fully saturated rings. The number of hydrogen-bond donors (Lipinski definition) is 1. The summed E-state index contributed by atoms with van der Waals surface area (Å²) in [4.78, 5) is 23.8. The molecule has 1 atom stereocenters. The Morgan fingerprint density at radius 1 is 1.21 bits per heavy atom. The van der Waals surface area contributed by atoms with Gasteiger partial charge < -0.3 is 19.7 Å². The number of nitrogens with zero attached hydrogens (tertiary/aromatic N) is 3. The minimum absolute atomic E-state index is 0.178. The molecule has 1 unspecified atom stereocenters. The Kier molecular flexibility index (Phi) is 6.90. The van der Waals surface area contributed by atoms with Gasteiger partial charge in [0.05, 0.1) is 14.2 Å². The molecule has 1 saturated heterocycles. The average Bonchev–Trinajstić information content (AvgIpc) is 2.73. The van der Waals surface area contributed by atoms with Gasteiger partial charge in [0.15, 0.2) is 11.5 Å². The Bertz CT molecular complexity index is 856. The van der Waals surface area contributed by atoms with E-state index < -0.39 is 0 Å². The van der Waals surface area contributed by atoms with E-state index in [9.17, 15) is 4.79 Å². The van der Waals surface area contributed by atoms with Crippen molar-refractivity contribution in [3.8, 4) is 11.5 Å². The Morgan fingerprint density at radius 3 is 2.72 bits per heavy atom. The van der Waals surface area contributed by atoms with Gasteiger partial charge in [0.25, 0.3) is 5.91 Å². The molecule has 156 valence electrons. The fourth-order valence-electron chi connectivity index (χ4n) is 3.67. The molecule has 0 radical (unpaired) electrons. The molecule has 1 aromatic heterocycles. The van der Waals surface area contributed by atoms with Crippen LogP contribution in [0.5, 0.6) is 11.5 Å². The van der Waals surface area contributed by atoms with Crippen molar-refractivity contribution < 1.29 is 14.3 Å². The van der Waals surface area contributed by atoms with Crippen molar-refractivity contribution in [2.24, 2.45) is 5.92 Å². The molecule has 1 amide bonds. The van der Waals surface area contributed by atoms with E-state index in [1.165, 1.54) is 6.42 Å². The fourth-order valence-corrected chi connectivity index (χ4v) is 3.67. The molecule has 1 aromatic carbocycles. The predicted octanol–water partition coefficient (Wildman–Crippen LogP) is 3.01. The van der Waals surface area contributed by atoms with Crippen molar-refractivity contribution in [3.63, 3.8) is 0 Å². The average molecular weight is 399 g/mol. The first-order valence-electron chi connectivity index (χ1n) is 10.1. The fraction of sp³-hybridized carbons (Fsp3) is 0.500. The molecule has 2 heterocycles. The molecule has 7 heteroatoms. The normalized spacial score (nSPS) is 16.4. The highest BCUT2D eigenvalue weighted by atomic mass is 16.5. The number of carbonyl (C=O) groups is 1. The Hall–Kier alpha value is -2.83. The molecular formula is C22H30N4O3. The summed E-state index contributed by atoms with van der Waals surface area (Å²) in [5, 5.41) is 2.96. The molecule has 1 aliphatic heterocycles. The number of amides is 1. The number of aryl methyl sites for hydroxylation is 1. The number of methoxy groups -OCH3 is 2. The number of aromatic nitrogens is 2. The summed E-state index contributed by atoms with van der Waals surface area (Å²) in [6.45, 7) is 6.53. The predicted molar refractivity (Wildman–Crippen MR) is 113 cm³/mol. The number of piperidine rings is 1. The Morgan fingerprint density at radius 2 is 2.00 bits per heavy atom. The quantitative estimate of drug-likeness (QED) is 0.773. The second-order valence-corrected chi connectivity index (χ2v) is 7.55. The van der Waals surface area contributed by atoms with Crippen molar-refractivity contribution in [2.45, 2.75) is 33.1 Å². The van der Waals surface area contributed by atoms with Crippen LogP contribution in [0.2, 0.25) is 0 Å². The van der Waals surface area contributed by atoms with Crippen LogP contribution in [-0.4, -0.2) is 49.7 Å². The first kappa shape index (κ1) is 20.9. The Labute approximate surface area is 172 Å². The van der Waals surface area contributed by atoms with E-state index in [0.717, 1.165) is 30.9 Å². The van der Waals surface area contributed by atoms with Gasteiger partial charge in [-0.05, 0) is 49.8 Å². The van der Waals surface area contributed by atoms with E-state index in [0.29, 0.717) is 41.9 Å². The summed E-state index contributed by atoms with van der Waals surface area (Å²) in [6, 6.07) is 7.57. The third kappa shape index (κ3) is 5.37. The van der Waals surface area contributed by atoms with Crippen LogP contribution < -0.4 is 19.7 Å². The highest BCUT2D eigenvalue weighted by Gasteiger charge is 2.20. The van der Waals surface area contributed by atoms with Gasteiger partial charge in [0.1, 0.15) is 17.3 Å². The number of hydrogen-bond acceptors (Lipinski definition) is 6. The number of anilines is 1. The molecule has 0 bridgehead atoms. The van der Waals surface area contributed by atoms with E-state index in [1.54, 1.807) is 20.3 Å². The lowest BCUT2D eigenvalue weighted by atomic mass is 10.0. The van der Waals surface area contributed by atoms with Gasteiger partial charge in [-0.15, -0.1) is 0 Å². The van der Waals surface area contributed by atoms with Crippen LogP contribution in [0.25, 0.3) is 0 Å². The first-order chi connectivity index (χ1) is 14.0. The molecule has 7 nitrogen and oxygen atoms in total. The first-order valence-corrected chi connectivity index (χ1v) is 10.1. The van der Waals surface area contributed by atoms with Gasteiger partial charge in [-0.2, -0.15) is 0 Å². The summed E-state index contributed by atoms with van der Waals surface area (Å²) >= 11 is 0. The smallest absolute Gasteiger partial charge is 0.270 e. The maximum atomic E-state index is 12.6. The molecule has 0 aliphatic carbocycles. The lowest BCUT2D eigenvalue weighted by molar-refractivity contribution is 0.0948. The van der Waals surface area contributed by atoms with E-state index in [-0.39, 0.29) is 5.91 Å². The molecule has 3 rings (SSSR count). The molecule has 1 N–H and O–H groups in total. The number of nitrogens with one attached hydrogen (secondary N) is 1. The molecule has 29 heavy (non-hydrogen) atoms. The van der Waals surface area contributed by atoms with Crippen LogP contribution in [0.4, 0.5) is 5.82 Å². The molecule has 0 saturated carbocycles. The highest BCUT2D eigenvalue weighted by Crippen LogP contribution is 2.27. The summed E-state index contributed by atoms with van der Waals surface area (Å²) in [6.07, 6.45) is 3.08. The van der Waals surface area contributed by atoms with Gasteiger partial charge >= 0.3 is 0 Å². The lowest BCUT2D eigenvalue weighted by Crippen LogP contribution is -2.35. The molecule has 2 aromatic rings. The zero-order chi connectivity index (χ0) is 20.8. The van der Waals surface area contributed by atoms with Crippen LogP contribution in [0, 0.1) is 12.8 Å². The molecule has 1 aliphatic rings. The van der Waals surface area contributed by atoms with Gasteiger partial charge in [0, 0.05) is 25.7 Å². The van der Waals surface area contributed by atoms with Gasteiger partial charge in [-0.1, -0.05) is 13.0 Å². The number of carbonyl (C=O) groups excluding carboxylic acids is 1. The SMILES string of the molecule is COc1ccc(CCNC(=O)c2cc(N3CCCC(C)C3)nc(C)n2)cc1OC. The third-order valence-electron chi connectivity index (χ3n) is 5.19. The van der Waals surface area contributed by atoms with Crippen LogP contribution in [0.3, 0.4) is 0 Å². The van der Waals surface area contributed by atoms with E-state index >= 15 is 0 Å². The number of rotatable bonds is 7. The summed E-state index contributed by atoms with van der Waals surface area (Å²) in [5.74, 6) is 3.29. The van der Waals surface area contributed by atoms with Crippen molar-refractivity contribution >= 4 is 11.7 Å². The largest absolute Gasteiger partial charge is 0.493 e. The van der Waals surface area contributed by atoms with Gasteiger partial charge in [-0.25, -0.2) is 9.97 Å². The topological polar surface area (TPSA) is 76.6 Å². The van der Waals surface area contributed by atoms with Crippen LogP contribution >= 0.6 is 0 Å². The van der Waals surface area contributed by atoms with Crippen molar-refractivity contribution in [1.29, 1.82) is 0 Å². The van der Waals surface area contributed by atoms with Crippen LogP contribution in [0.1, 0.15) is 41.6 Å². The molecule has 0 spiro atoms. The minimum atomic E-state index is -0.178. The van der Waals surface area contributed by atoms with Crippen LogP contribution in [0.15, 0.2) is 24.3 Å². The highest BCUT2D eigenvalue weighted by molar-refractivity contribution is 5.93. The zero-order valence-electron chi connectivity index (χ0n) is 17.7. The second-order valence-electron chi connectivity index (χ2n) is 7.55. The van der Waals surface area contributed by atoms with Gasteiger partial charge in [0.2, 0.25) is 0 Å². The maximum absolute atomic E-state index is 12.6. The third-order valence-corrected chi connectivity index (χ3v) is 5.19. The monoisotopic (exact) mass is 398 g/mol. The van der Waals surface area contributed by atoms with Gasteiger partial charge in [-0.3, -0.25) is 4.79 Å². The van der Waals surface area contributed by atoms with Crippen molar-refractivity contribution in [2.75, 3.05) is 38.8 Å². The number of benzene rings is 1. The maximum Gasteiger partial charge on any atom is 0.270 e. The van der Waals surface area contributed by atoms with E-state index in [2.05, 4.69) is 27.1 Å². The summed E-state index contributed by atoms with van der Waals surface area (Å²) in [5.41, 5.74) is 1.47. The van der Waals surface area contributed by atoms with E-state index in [1.807, 2.05) is 25.1 Å². The lowest BCUT2D eigenvalue weighted by Gasteiger charge is -2.32. The number of ether oxygens (including phenoxy) is 2. The molecular weight excluding hydrogens is 368 g/mol. The summed E-state index contributed by atoms with van der Waals surface area (Å²) < 4.78 is 10.6. The Balaban J connectivity index is 1.62. The van der Waals surface area contributed by atoms with Crippen molar-refractivity contribution in [3.05, 3.63) is 41.3 Å². The zero-order valence-corrected chi connectivity index (χ0v) is 17.7. The standard InChI is InChI=1S/C22H30N4O3/c1-15-6-5-11-26(14-15)21-13-18(24-16(2)25-21)22(27)23-10-9-17-7-8-19(28-3)20(12-17)29-4/h7-8,12-13,15H,5-6,9-11,14H2,1-4H3,(H,23,27). The van der Waals surface area contributed by atoms with Crippen molar-refractivity contribution in [1.82, 2.24) is 15.3 Å². The van der Waals surface area contributed by atoms with E-state index in [4.69, 9.17) is 9.47 Å². The second kappa shape index (κ2) is 9.58.